The Morgan fingerprint density at radius 3 is 0.779 bits per heavy atom. The summed E-state index contributed by atoms with van der Waals surface area (Å²) in [4.78, 5) is 86.0. The second kappa shape index (κ2) is 23.4. The van der Waals surface area contributed by atoms with Gasteiger partial charge in [-0.05, 0) is 122 Å². The van der Waals surface area contributed by atoms with Crippen molar-refractivity contribution in [2.24, 2.45) is 35.5 Å². The third kappa shape index (κ3) is 13.3. The van der Waals surface area contributed by atoms with Crippen molar-refractivity contribution in [3.63, 3.8) is 0 Å². The molecule has 360 valence electrons. The molecule has 2 saturated heterocycles. The van der Waals surface area contributed by atoms with Gasteiger partial charge in [0.15, 0.2) is 0 Å². The Morgan fingerprint density at radius 1 is 0.368 bits per heavy atom. The Labute approximate surface area is 393 Å². The SMILES string of the molecule is O=C(NCCc1ccc(F)cc1)[C@@H]1CN(C(=O)[C@H]2CC[C@H](C(=O)N3C[C@@H](C(=O)NCCc4ccc(F)cc4)[C@H](C(=O)NCCc4ccc(F)cc4)C3)CC2)C[C@H]1C(=O)NCCc1ccc(F)cc1. The van der Waals surface area contributed by atoms with Crippen molar-refractivity contribution in [1.82, 2.24) is 31.1 Å². The highest BCUT2D eigenvalue weighted by atomic mass is 19.1. The number of hydrogen-bond donors (Lipinski definition) is 4. The van der Waals surface area contributed by atoms with E-state index in [9.17, 15) is 46.3 Å². The number of carbonyl (C=O) groups excluding carboxylic acids is 6. The van der Waals surface area contributed by atoms with Gasteiger partial charge in [0, 0.05) is 64.2 Å². The number of nitrogens with zero attached hydrogens (tertiary/aromatic N) is 2. The van der Waals surface area contributed by atoms with Gasteiger partial charge >= 0.3 is 0 Å². The van der Waals surface area contributed by atoms with Gasteiger partial charge in [-0.3, -0.25) is 28.8 Å². The summed E-state index contributed by atoms with van der Waals surface area (Å²) in [7, 11) is 0. The zero-order valence-electron chi connectivity index (χ0n) is 37.9. The fourth-order valence-corrected chi connectivity index (χ4v) is 9.58. The number of rotatable bonds is 18. The molecule has 1 saturated carbocycles. The van der Waals surface area contributed by atoms with Gasteiger partial charge in [-0.2, -0.15) is 0 Å². The molecule has 6 amide bonds. The summed E-state index contributed by atoms with van der Waals surface area (Å²) in [6, 6.07) is 23.8. The lowest BCUT2D eigenvalue weighted by Gasteiger charge is -2.32. The predicted molar refractivity (Wildman–Crippen MR) is 245 cm³/mol. The Bertz CT molecular complexity index is 2070. The van der Waals surface area contributed by atoms with E-state index in [1.54, 1.807) is 58.3 Å². The van der Waals surface area contributed by atoms with Gasteiger partial charge in [0.1, 0.15) is 23.3 Å². The van der Waals surface area contributed by atoms with Crippen molar-refractivity contribution in [1.29, 1.82) is 0 Å². The van der Waals surface area contributed by atoms with Crippen LogP contribution in [0.25, 0.3) is 0 Å². The van der Waals surface area contributed by atoms with Gasteiger partial charge in [-0.1, -0.05) is 48.5 Å². The molecule has 68 heavy (non-hydrogen) atoms. The summed E-state index contributed by atoms with van der Waals surface area (Å²) in [5.41, 5.74) is 3.29. The van der Waals surface area contributed by atoms with Crippen LogP contribution in [0.1, 0.15) is 47.9 Å². The van der Waals surface area contributed by atoms with E-state index in [1.165, 1.54) is 48.5 Å². The van der Waals surface area contributed by atoms with Crippen LogP contribution in [0.15, 0.2) is 97.1 Å². The molecule has 12 nitrogen and oxygen atoms in total. The summed E-state index contributed by atoms with van der Waals surface area (Å²) < 4.78 is 53.7. The average Bonchev–Trinajstić information content (AvgIpc) is 4.01. The first-order valence-electron chi connectivity index (χ1n) is 23.5. The first-order valence-corrected chi connectivity index (χ1v) is 23.5. The van der Waals surface area contributed by atoms with Crippen LogP contribution >= 0.6 is 0 Å². The third-order valence-electron chi connectivity index (χ3n) is 13.5. The molecule has 4 aromatic rings. The van der Waals surface area contributed by atoms with Crippen molar-refractivity contribution >= 4 is 35.4 Å². The average molecular weight is 939 g/mol. The summed E-state index contributed by atoms with van der Waals surface area (Å²) >= 11 is 0. The summed E-state index contributed by atoms with van der Waals surface area (Å²) in [5, 5.41) is 11.6. The predicted octanol–water partition coefficient (Wildman–Crippen LogP) is 4.93. The van der Waals surface area contributed by atoms with E-state index < -0.39 is 35.5 Å². The molecule has 4 atom stereocenters. The molecule has 0 radical (unpaired) electrons. The molecular weight excluding hydrogens is 881 g/mol. The van der Waals surface area contributed by atoms with Gasteiger partial charge in [0.2, 0.25) is 35.4 Å². The fourth-order valence-electron chi connectivity index (χ4n) is 9.58. The lowest BCUT2D eigenvalue weighted by atomic mass is 9.80. The van der Waals surface area contributed by atoms with Crippen LogP contribution in [-0.2, 0) is 54.5 Å². The Hall–Kier alpha value is -6.58. The molecule has 4 N–H and O–H groups in total. The maximum absolute atomic E-state index is 14.1. The normalized spacial score (nSPS) is 21.2. The molecule has 2 heterocycles. The van der Waals surface area contributed by atoms with E-state index in [-0.39, 0.29) is 111 Å². The molecule has 0 spiro atoms. The number of hydrogen-bond acceptors (Lipinski definition) is 6. The van der Waals surface area contributed by atoms with Gasteiger partial charge in [-0.15, -0.1) is 0 Å². The lowest BCUT2D eigenvalue weighted by molar-refractivity contribution is -0.141. The third-order valence-corrected chi connectivity index (χ3v) is 13.5. The highest BCUT2D eigenvalue weighted by Crippen LogP contribution is 2.36. The first kappa shape index (κ1) is 49.3. The highest BCUT2D eigenvalue weighted by Gasteiger charge is 2.47. The van der Waals surface area contributed by atoms with Crippen molar-refractivity contribution in [3.05, 3.63) is 143 Å². The van der Waals surface area contributed by atoms with Crippen molar-refractivity contribution < 1.29 is 46.3 Å². The molecule has 0 unspecified atom stereocenters. The van der Waals surface area contributed by atoms with Crippen LogP contribution < -0.4 is 21.3 Å². The second-order valence-corrected chi connectivity index (χ2v) is 18.1. The van der Waals surface area contributed by atoms with E-state index in [0.717, 1.165) is 22.3 Å². The zero-order valence-corrected chi connectivity index (χ0v) is 37.9. The molecule has 7 rings (SSSR count). The van der Waals surface area contributed by atoms with E-state index in [0.29, 0.717) is 51.4 Å². The fraction of sp³-hybridized carbons (Fsp3) is 0.423. The minimum Gasteiger partial charge on any atom is -0.355 e. The summed E-state index contributed by atoms with van der Waals surface area (Å²) in [6.07, 6.45) is 3.33. The Kier molecular flexibility index (Phi) is 17.0. The van der Waals surface area contributed by atoms with Gasteiger partial charge in [-0.25, -0.2) is 17.6 Å². The van der Waals surface area contributed by atoms with Gasteiger partial charge in [0.05, 0.1) is 23.7 Å². The van der Waals surface area contributed by atoms with Crippen LogP contribution in [0.5, 0.6) is 0 Å². The quantitative estimate of drug-likeness (QED) is 0.104. The van der Waals surface area contributed by atoms with Gasteiger partial charge in [0.25, 0.3) is 0 Å². The number of carbonyl (C=O) groups is 6. The van der Waals surface area contributed by atoms with E-state index in [1.807, 2.05) is 0 Å². The summed E-state index contributed by atoms with van der Waals surface area (Å²) in [6.45, 7) is 1.11. The Balaban J connectivity index is 0.943. The summed E-state index contributed by atoms with van der Waals surface area (Å²) in [5.74, 6) is -7.56. The number of nitrogens with one attached hydrogen (secondary N) is 4. The van der Waals surface area contributed by atoms with Crippen LogP contribution in [0, 0.1) is 58.8 Å². The molecule has 0 aromatic heterocycles. The maximum Gasteiger partial charge on any atom is 0.225 e. The molecule has 16 heteroatoms. The molecule has 3 aliphatic rings. The molecule has 0 bridgehead atoms. The van der Waals surface area contributed by atoms with Crippen LogP contribution in [-0.4, -0.2) is 97.6 Å². The number of amides is 6. The first-order chi connectivity index (χ1) is 32.8. The van der Waals surface area contributed by atoms with Crippen LogP contribution in [0.4, 0.5) is 17.6 Å². The second-order valence-electron chi connectivity index (χ2n) is 18.1. The van der Waals surface area contributed by atoms with Crippen molar-refractivity contribution in [2.75, 3.05) is 52.4 Å². The molecule has 2 aliphatic heterocycles. The smallest absolute Gasteiger partial charge is 0.225 e. The van der Waals surface area contributed by atoms with Crippen LogP contribution in [0.2, 0.25) is 0 Å². The van der Waals surface area contributed by atoms with Crippen molar-refractivity contribution in [3.8, 4) is 0 Å². The maximum atomic E-state index is 14.1. The van der Waals surface area contributed by atoms with E-state index in [2.05, 4.69) is 21.3 Å². The molecule has 4 aromatic carbocycles. The molecular formula is C52H58F4N6O6. The highest BCUT2D eigenvalue weighted by molar-refractivity contribution is 5.92. The van der Waals surface area contributed by atoms with Crippen LogP contribution in [0.3, 0.4) is 0 Å². The minimum atomic E-state index is -0.827. The number of halogens is 4. The monoisotopic (exact) mass is 938 g/mol. The molecule has 1 aliphatic carbocycles. The number of benzene rings is 4. The molecule has 3 fully saturated rings. The largest absolute Gasteiger partial charge is 0.355 e. The van der Waals surface area contributed by atoms with Crippen molar-refractivity contribution in [2.45, 2.75) is 51.4 Å². The standard InChI is InChI=1S/C52H58F4N6O6/c53-39-13-1-33(2-14-39)21-25-57-47(63)43-29-61(30-44(43)48(64)58-26-22-34-3-15-40(54)16-4-34)51(67)37-9-11-38(12-10-37)52(68)62-31-45(49(65)59-27-23-35-5-17-41(55)18-6-35)46(32-62)50(66)60-28-24-36-7-19-42(56)20-8-36/h1-8,13-20,37-38,43-46H,9-12,21-32H2,(H,57,63)(H,58,64)(H,59,65)(H,60,66)/t37-,38-,43-,44-,45-,46-/m1/s1. The lowest BCUT2D eigenvalue weighted by Crippen LogP contribution is -2.42. The van der Waals surface area contributed by atoms with E-state index in [4.69, 9.17) is 0 Å². The zero-order chi connectivity index (χ0) is 48.2. The van der Waals surface area contributed by atoms with Gasteiger partial charge < -0.3 is 31.1 Å². The Morgan fingerprint density at radius 2 is 0.574 bits per heavy atom. The van der Waals surface area contributed by atoms with E-state index >= 15 is 0 Å². The minimum absolute atomic E-state index is 0.0323. The number of likely N-dealkylation sites (tertiary alicyclic amines) is 2. The topological polar surface area (TPSA) is 157 Å².